The molecule has 5 nitrogen and oxygen atoms in total. The van der Waals surface area contributed by atoms with Crippen LogP contribution in [0.4, 0.5) is 5.95 Å². The third-order valence-electron chi connectivity index (χ3n) is 4.22. The van der Waals surface area contributed by atoms with E-state index in [1.165, 1.54) is 0 Å². The summed E-state index contributed by atoms with van der Waals surface area (Å²) in [6.45, 7) is 0.417. The third kappa shape index (κ3) is 3.77. The van der Waals surface area contributed by atoms with Gasteiger partial charge >= 0.3 is 0 Å². The van der Waals surface area contributed by atoms with Crippen LogP contribution in [0.1, 0.15) is 11.1 Å². The summed E-state index contributed by atoms with van der Waals surface area (Å²) in [7, 11) is 0. The van der Waals surface area contributed by atoms with Crippen LogP contribution in [0.5, 0.6) is 0 Å². The van der Waals surface area contributed by atoms with Crippen molar-refractivity contribution in [3.05, 3.63) is 106 Å². The molecule has 0 fully saturated rings. The second kappa shape index (κ2) is 7.66. The summed E-state index contributed by atoms with van der Waals surface area (Å²) in [6, 6.07) is 26.9. The minimum absolute atomic E-state index is 0.0955. The Balaban J connectivity index is 1.74. The van der Waals surface area contributed by atoms with E-state index >= 15 is 0 Å². The van der Waals surface area contributed by atoms with E-state index in [4.69, 9.17) is 0 Å². The Labute approximate surface area is 156 Å². The summed E-state index contributed by atoms with van der Waals surface area (Å²) in [6.07, 6.45) is 1.70. The fourth-order valence-corrected chi connectivity index (χ4v) is 2.87. The Morgan fingerprint density at radius 3 is 2.33 bits per heavy atom. The predicted octanol–water partition coefficient (Wildman–Crippen LogP) is 3.89. The molecule has 1 heterocycles. The molecule has 0 aliphatic rings. The summed E-state index contributed by atoms with van der Waals surface area (Å²) >= 11 is 0. The van der Waals surface area contributed by atoms with E-state index < -0.39 is 0 Å². The maximum atomic E-state index is 13.0. The SMILES string of the molecule is O=c1c2ccccc2nc(N/N=C/c2ccccc2)n1Cc1ccccc1. The molecular formula is C22H18N4O. The van der Waals surface area contributed by atoms with Crippen molar-refractivity contribution in [3.63, 3.8) is 0 Å². The Kier molecular flexibility index (Phi) is 4.74. The molecule has 1 aromatic heterocycles. The number of nitrogens with one attached hydrogen (secondary N) is 1. The van der Waals surface area contributed by atoms with Gasteiger partial charge in [-0.1, -0.05) is 72.8 Å². The van der Waals surface area contributed by atoms with Crippen LogP contribution in [0.25, 0.3) is 10.9 Å². The molecule has 1 N–H and O–H groups in total. The molecule has 0 spiro atoms. The first-order chi connectivity index (χ1) is 13.3. The molecular weight excluding hydrogens is 336 g/mol. The molecule has 4 aromatic rings. The van der Waals surface area contributed by atoms with Crippen molar-refractivity contribution < 1.29 is 0 Å². The minimum Gasteiger partial charge on any atom is -0.272 e. The van der Waals surface area contributed by atoms with Gasteiger partial charge in [0.15, 0.2) is 0 Å². The zero-order chi connectivity index (χ0) is 18.5. The largest absolute Gasteiger partial charge is 0.272 e. The number of nitrogens with zero attached hydrogens (tertiary/aromatic N) is 3. The van der Waals surface area contributed by atoms with Gasteiger partial charge in [-0.25, -0.2) is 10.4 Å². The molecule has 4 rings (SSSR count). The quantitative estimate of drug-likeness (QED) is 0.437. The lowest BCUT2D eigenvalue weighted by Gasteiger charge is -2.12. The molecule has 5 heteroatoms. The number of anilines is 1. The topological polar surface area (TPSA) is 59.3 Å². The number of rotatable bonds is 5. The fourth-order valence-electron chi connectivity index (χ4n) is 2.87. The summed E-state index contributed by atoms with van der Waals surface area (Å²) in [5.74, 6) is 0.412. The van der Waals surface area contributed by atoms with Crippen molar-refractivity contribution in [3.8, 4) is 0 Å². The van der Waals surface area contributed by atoms with Gasteiger partial charge in [0.05, 0.1) is 23.7 Å². The molecule has 27 heavy (non-hydrogen) atoms. The van der Waals surface area contributed by atoms with Crippen molar-refractivity contribution in [2.45, 2.75) is 6.54 Å². The lowest BCUT2D eigenvalue weighted by molar-refractivity contribution is 0.755. The number of hydrogen-bond acceptors (Lipinski definition) is 4. The van der Waals surface area contributed by atoms with E-state index in [9.17, 15) is 4.79 Å². The number of fused-ring (bicyclic) bond motifs is 1. The van der Waals surface area contributed by atoms with Crippen LogP contribution in [0.15, 0.2) is 94.8 Å². The number of benzene rings is 3. The summed E-state index contributed by atoms with van der Waals surface area (Å²) in [5, 5.41) is 4.85. The summed E-state index contributed by atoms with van der Waals surface area (Å²) in [5.41, 5.74) is 5.46. The zero-order valence-electron chi connectivity index (χ0n) is 14.6. The molecule has 0 aliphatic heterocycles. The van der Waals surface area contributed by atoms with E-state index in [1.54, 1.807) is 16.8 Å². The number of para-hydroxylation sites is 1. The number of aromatic nitrogens is 2. The van der Waals surface area contributed by atoms with Crippen molar-refractivity contribution in [2.75, 3.05) is 5.43 Å². The summed E-state index contributed by atoms with van der Waals surface area (Å²) in [4.78, 5) is 17.6. The standard InChI is InChI=1S/C22H18N4O/c27-21-19-13-7-8-14-20(19)24-22(25-23-15-17-9-3-1-4-10-17)26(21)16-18-11-5-2-6-12-18/h1-15H,16H2,(H,24,25)/b23-15+. The van der Waals surface area contributed by atoms with E-state index in [2.05, 4.69) is 15.5 Å². The third-order valence-corrected chi connectivity index (χ3v) is 4.22. The first-order valence-corrected chi connectivity index (χ1v) is 8.69. The second-order valence-corrected chi connectivity index (χ2v) is 6.11. The van der Waals surface area contributed by atoms with E-state index in [0.29, 0.717) is 23.4 Å². The highest BCUT2D eigenvalue weighted by molar-refractivity contribution is 5.81. The Bertz CT molecular complexity index is 1140. The average molecular weight is 354 g/mol. The highest BCUT2D eigenvalue weighted by Crippen LogP contribution is 2.13. The zero-order valence-corrected chi connectivity index (χ0v) is 14.6. The predicted molar refractivity (Wildman–Crippen MR) is 109 cm³/mol. The highest BCUT2D eigenvalue weighted by Gasteiger charge is 2.10. The van der Waals surface area contributed by atoms with Crippen LogP contribution < -0.4 is 11.0 Å². The van der Waals surface area contributed by atoms with Crippen LogP contribution in [-0.4, -0.2) is 15.8 Å². The monoisotopic (exact) mass is 354 g/mol. The van der Waals surface area contributed by atoms with Gasteiger partial charge in [0.2, 0.25) is 5.95 Å². The summed E-state index contributed by atoms with van der Waals surface area (Å²) < 4.78 is 1.61. The van der Waals surface area contributed by atoms with Gasteiger partial charge in [-0.3, -0.25) is 9.36 Å². The van der Waals surface area contributed by atoms with Gasteiger partial charge in [0.1, 0.15) is 0 Å². The van der Waals surface area contributed by atoms with Gasteiger partial charge in [0.25, 0.3) is 5.56 Å². The van der Waals surface area contributed by atoms with E-state index in [0.717, 1.165) is 11.1 Å². The van der Waals surface area contributed by atoms with Gasteiger partial charge in [-0.05, 0) is 23.3 Å². The Morgan fingerprint density at radius 2 is 1.56 bits per heavy atom. The number of hydrogen-bond donors (Lipinski definition) is 1. The first-order valence-electron chi connectivity index (χ1n) is 8.69. The van der Waals surface area contributed by atoms with Crippen molar-refractivity contribution in [1.29, 1.82) is 0 Å². The van der Waals surface area contributed by atoms with Crippen LogP contribution in [0.3, 0.4) is 0 Å². The minimum atomic E-state index is -0.0955. The molecule has 132 valence electrons. The first kappa shape index (κ1) is 16.7. The van der Waals surface area contributed by atoms with Gasteiger partial charge in [-0.15, -0.1) is 0 Å². The average Bonchev–Trinajstić information content (AvgIpc) is 2.72. The van der Waals surface area contributed by atoms with Crippen LogP contribution in [0.2, 0.25) is 0 Å². The fraction of sp³-hybridized carbons (Fsp3) is 0.0455. The Hall–Kier alpha value is -3.73. The molecule has 0 bridgehead atoms. The highest BCUT2D eigenvalue weighted by atomic mass is 16.1. The van der Waals surface area contributed by atoms with Crippen LogP contribution in [-0.2, 0) is 6.54 Å². The lowest BCUT2D eigenvalue weighted by Crippen LogP contribution is -2.24. The normalized spacial score (nSPS) is 11.1. The maximum absolute atomic E-state index is 13.0. The van der Waals surface area contributed by atoms with Crippen molar-refractivity contribution in [2.24, 2.45) is 5.10 Å². The number of hydrazone groups is 1. The molecule has 0 amide bonds. The lowest BCUT2D eigenvalue weighted by atomic mass is 10.2. The maximum Gasteiger partial charge on any atom is 0.263 e. The second-order valence-electron chi connectivity index (χ2n) is 6.11. The van der Waals surface area contributed by atoms with Gasteiger partial charge in [0, 0.05) is 0 Å². The van der Waals surface area contributed by atoms with E-state index in [1.807, 2.05) is 78.9 Å². The van der Waals surface area contributed by atoms with E-state index in [-0.39, 0.29) is 5.56 Å². The molecule has 3 aromatic carbocycles. The molecule has 0 radical (unpaired) electrons. The van der Waals surface area contributed by atoms with Crippen molar-refractivity contribution >= 4 is 23.1 Å². The van der Waals surface area contributed by atoms with Gasteiger partial charge < -0.3 is 0 Å². The van der Waals surface area contributed by atoms with Gasteiger partial charge in [-0.2, -0.15) is 5.10 Å². The molecule has 0 saturated heterocycles. The smallest absolute Gasteiger partial charge is 0.263 e. The Morgan fingerprint density at radius 1 is 0.889 bits per heavy atom. The molecule has 0 saturated carbocycles. The van der Waals surface area contributed by atoms with Crippen molar-refractivity contribution in [1.82, 2.24) is 9.55 Å². The molecule has 0 atom stereocenters. The van der Waals surface area contributed by atoms with Crippen LogP contribution >= 0.6 is 0 Å². The molecule has 0 aliphatic carbocycles. The van der Waals surface area contributed by atoms with Crippen LogP contribution in [0, 0.1) is 0 Å². The molecule has 0 unspecified atom stereocenters.